The van der Waals surface area contributed by atoms with Gasteiger partial charge in [-0.2, -0.15) is 12.1 Å². The van der Waals surface area contributed by atoms with Gasteiger partial charge in [0.05, 0.1) is 11.0 Å². The summed E-state index contributed by atoms with van der Waals surface area (Å²) in [5, 5.41) is 7.65. The quantitative estimate of drug-likeness (QED) is 0.131. The number of rotatable bonds is 4. The van der Waals surface area contributed by atoms with Gasteiger partial charge in [0, 0.05) is 23.2 Å². The third kappa shape index (κ3) is 9.09. The van der Waals surface area contributed by atoms with Crippen LogP contribution in [0.4, 0.5) is 0 Å². The minimum atomic E-state index is 0. The predicted molar refractivity (Wildman–Crippen MR) is 222 cm³/mol. The third-order valence-corrected chi connectivity index (χ3v) is 8.68. The zero-order chi connectivity index (χ0) is 32.2. The molecule has 2 radical (unpaired) electrons. The van der Waals surface area contributed by atoms with Crippen LogP contribution in [0.15, 0.2) is 134 Å². The van der Waals surface area contributed by atoms with Gasteiger partial charge in [0.1, 0.15) is 0 Å². The van der Waals surface area contributed by atoms with E-state index in [9.17, 15) is 0 Å². The zero-order valence-corrected chi connectivity index (χ0v) is 34.7. The van der Waals surface area contributed by atoms with Gasteiger partial charge in [-0.25, -0.2) is 0 Å². The van der Waals surface area contributed by atoms with Crippen molar-refractivity contribution in [3.63, 3.8) is 0 Å². The van der Waals surface area contributed by atoms with Crippen molar-refractivity contribution in [3.8, 4) is 22.3 Å². The van der Waals surface area contributed by atoms with E-state index in [0.717, 1.165) is 11.0 Å². The number of halogens is 2. The Morgan fingerprint density at radius 2 is 0.900 bits per heavy atom. The van der Waals surface area contributed by atoms with Gasteiger partial charge in [0.2, 0.25) is 0 Å². The molecule has 0 atom stereocenters. The molecule has 0 aliphatic rings. The van der Waals surface area contributed by atoms with Crippen LogP contribution in [0.1, 0.15) is 50.7 Å². The van der Waals surface area contributed by atoms with Crippen LogP contribution in [0.5, 0.6) is 0 Å². The third-order valence-electron chi connectivity index (χ3n) is 8.68. The van der Waals surface area contributed by atoms with Crippen LogP contribution in [0.2, 0.25) is 0 Å². The van der Waals surface area contributed by atoms with Crippen molar-refractivity contribution in [3.05, 3.63) is 160 Å². The van der Waals surface area contributed by atoms with Crippen molar-refractivity contribution in [1.29, 1.82) is 0 Å². The van der Waals surface area contributed by atoms with E-state index in [0.29, 0.717) is 11.8 Å². The van der Waals surface area contributed by atoms with E-state index >= 15 is 0 Å². The molecule has 0 amide bonds. The summed E-state index contributed by atoms with van der Waals surface area (Å²) >= 11 is 1.36. The Hall–Kier alpha value is -3.40. The number of aromatic nitrogens is 2. The van der Waals surface area contributed by atoms with E-state index in [1.807, 2.05) is 24.5 Å². The SMILES string of the molecule is CC(C)c1cc2c(-c3cnc4ccccc4c3)cccc2[cH-]1.CC(C)c1cc2c(-c3cnc4ccccc4c3)cccc2[cH-]1.Cl.Cl.[CH3-].[CH3-].[Si]=[Zr]. The summed E-state index contributed by atoms with van der Waals surface area (Å²) < 4.78 is 0. The van der Waals surface area contributed by atoms with Gasteiger partial charge >= 0.3 is 30.2 Å². The van der Waals surface area contributed by atoms with Crippen molar-refractivity contribution < 1.29 is 23.3 Å². The molecule has 8 aromatic rings. The van der Waals surface area contributed by atoms with Gasteiger partial charge in [0.15, 0.2) is 0 Å². The molecular formula is C44H44Cl2N2SiZr-4. The molecule has 256 valence electrons. The second-order valence-electron chi connectivity index (χ2n) is 12.3. The Morgan fingerprint density at radius 3 is 1.28 bits per heavy atom. The molecule has 2 heterocycles. The molecule has 0 aliphatic heterocycles. The fourth-order valence-corrected chi connectivity index (χ4v) is 6.12. The Balaban J connectivity index is 0.000000307. The summed E-state index contributed by atoms with van der Waals surface area (Å²) in [4.78, 5) is 9.21. The molecule has 0 N–H and O–H groups in total. The van der Waals surface area contributed by atoms with Gasteiger partial charge in [-0.15, -0.1) is 93.9 Å². The topological polar surface area (TPSA) is 25.8 Å². The molecule has 0 fully saturated rings. The number of fused-ring (bicyclic) bond motifs is 4. The Bertz CT molecular complexity index is 2120. The Kier molecular flexibility index (Phi) is 16.5. The molecule has 0 aliphatic carbocycles. The summed E-state index contributed by atoms with van der Waals surface area (Å²) in [6, 6.07) is 43.3. The van der Waals surface area contributed by atoms with Crippen molar-refractivity contribution in [2.24, 2.45) is 0 Å². The van der Waals surface area contributed by atoms with Gasteiger partial charge in [-0.05, 0) is 47.2 Å². The number of hydrogen-bond donors (Lipinski definition) is 0. The van der Waals surface area contributed by atoms with Crippen LogP contribution in [0.25, 0.3) is 65.6 Å². The van der Waals surface area contributed by atoms with E-state index in [4.69, 9.17) is 0 Å². The summed E-state index contributed by atoms with van der Waals surface area (Å²) in [5.74, 6) is 1.10. The number of hydrogen-bond acceptors (Lipinski definition) is 2. The van der Waals surface area contributed by atoms with E-state index in [1.54, 1.807) is 0 Å². The van der Waals surface area contributed by atoms with E-state index < -0.39 is 0 Å². The molecule has 6 heteroatoms. The first-order valence-corrected chi connectivity index (χ1v) is 20.0. The average Bonchev–Trinajstić information content (AvgIpc) is 3.75. The van der Waals surface area contributed by atoms with Crippen molar-refractivity contribution in [2.45, 2.75) is 39.5 Å². The summed E-state index contributed by atoms with van der Waals surface area (Å²) in [7, 11) is 0. The van der Waals surface area contributed by atoms with Gasteiger partial charge in [0.25, 0.3) is 0 Å². The molecular weight excluding hydrogens is 747 g/mol. The summed E-state index contributed by atoms with van der Waals surface area (Å²) in [5.41, 5.74) is 9.79. The van der Waals surface area contributed by atoms with Crippen LogP contribution in [0, 0.1) is 14.9 Å². The standard InChI is InChI=1S/2C21H18N.2CH3.2ClH.Si.Zr/c2*1-14(2)17-10-15-7-5-8-19(20(15)12-17)18-11-16-6-3-4-9-21(16)22-13-18;;;;;;/h2*3-14H,1-2H3;2*1H3;2*1H;;/q4*-1;;;;. The molecule has 2 nitrogen and oxygen atoms in total. The molecule has 0 bridgehead atoms. The van der Waals surface area contributed by atoms with Crippen LogP contribution in [-0.4, -0.2) is 16.8 Å². The number of pyridine rings is 2. The minimum absolute atomic E-state index is 0. The number of nitrogens with zero attached hydrogens (tertiary/aromatic N) is 2. The zero-order valence-electron chi connectivity index (χ0n) is 29.6. The normalized spacial score (nSPS) is 10.3. The fraction of sp³-hybridized carbons (Fsp3) is 0.136. The molecule has 0 saturated heterocycles. The molecule has 8 rings (SSSR count). The van der Waals surface area contributed by atoms with Crippen LogP contribution in [-0.2, 0) is 23.3 Å². The van der Waals surface area contributed by atoms with Gasteiger partial charge in [-0.1, -0.05) is 87.4 Å². The molecule has 0 saturated carbocycles. The molecule has 0 spiro atoms. The molecule has 0 unspecified atom stereocenters. The first-order chi connectivity index (χ1) is 22.4. The van der Waals surface area contributed by atoms with Gasteiger partial charge in [-0.3, -0.25) is 9.97 Å². The van der Waals surface area contributed by atoms with E-state index in [-0.39, 0.29) is 39.7 Å². The van der Waals surface area contributed by atoms with Crippen molar-refractivity contribution >= 4 is 75.0 Å². The van der Waals surface area contributed by atoms with Crippen molar-refractivity contribution in [2.75, 3.05) is 0 Å². The first-order valence-electron chi connectivity index (χ1n) is 15.8. The van der Waals surface area contributed by atoms with Crippen LogP contribution in [0.3, 0.4) is 0 Å². The molecule has 2 aromatic heterocycles. The maximum atomic E-state index is 4.61. The summed E-state index contributed by atoms with van der Waals surface area (Å²) in [6.07, 6.45) is 3.97. The van der Waals surface area contributed by atoms with Gasteiger partial charge < -0.3 is 14.9 Å². The molecule has 50 heavy (non-hydrogen) atoms. The second kappa shape index (κ2) is 19.3. The number of benzene rings is 4. The fourth-order valence-electron chi connectivity index (χ4n) is 6.12. The number of para-hydroxylation sites is 2. The molecule has 6 aromatic carbocycles. The van der Waals surface area contributed by atoms with E-state index in [2.05, 4.69) is 154 Å². The van der Waals surface area contributed by atoms with Crippen molar-refractivity contribution in [1.82, 2.24) is 9.97 Å². The second-order valence-corrected chi connectivity index (χ2v) is 12.3. The van der Waals surface area contributed by atoms with E-state index in [1.165, 1.54) is 89.0 Å². The average molecular weight is 791 g/mol. The van der Waals surface area contributed by atoms with Crippen LogP contribution >= 0.6 is 24.8 Å². The van der Waals surface area contributed by atoms with Crippen LogP contribution < -0.4 is 0 Å². The Morgan fingerprint density at radius 1 is 0.520 bits per heavy atom. The predicted octanol–water partition coefficient (Wildman–Crippen LogP) is 13.2. The maximum absolute atomic E-state index is 4.61. The first kappa shape index (κ1) is 42.8. The Labute approximate surface area is 327 Å². The monoisotopic (exact) mass is 788 g/mol. The summed E-state index contributed by atoms with van der Waals surface area (Å²) in [6.45, 7) is 12.0.